The second-order valence-electron chi connectivity index (χ2n) is 17.4. The van der Waals surface area contributed by atoms with Crippen molar-refractivity contribution in [3.05, 3.63) is 187 Å². The molecule has 0 spiro atoms. The third-order valence-corrected chi connectivity index (χ3v) is 13.5. The predicted octanol–water partition coefficient (Wildman–Crippen LogP) is 11.1. The highest BCUT2D eigenvalue weighted by Gasteiger charge is 2.35. The smallest absolute Gasteiger partial charge is 0.181 e. The van der Waals surface area contributed by atoms with E-state index in [-0.39, 0.29) is 0 Å². The molecular weight excluding hydrogens is 855 g/mol. The molecule has 1 N–H and O–H groups in total. The highest BCUT2D eigenvalue weighted by Crippen LogP contribution is 2.53. The van der Waals surface area contributed by atoms with Crippen molar-refractivity contribution >= 4 is 78.7 Å². The van der Waals surface area contributed by atoms with Gasteiger partial charge in [-0.05, 0) is 66.5 Å². The normalized spacial score (nSPS) is 15.2. The van der Waals surface area contributed by atoms with Crippen LogP contribution in [0.4, 0.5) is 23.0 Å². The molecule has 0 bridgehead atoms. The van der Waals surface area contributed by atoms with Gasteiger partial charge in [0.2, 0.25) is 0 Å². The lowest BCUT2D eigenvalue weighted by Crippen LogP contribution is -2.28. The number of benzene rings is 4. The Morgan fingerprint density at radius 3 is 2.43 bits per heavy atom. The van der Waals surface area contributed by atoms with Crippen molar-refractivity contribution in [2.45, 2.75) is 12.8 Å². The van der Waals surface area contributed by atoms with Gasteiger partial charge >= 0.3 is 0 Å². The fraction of sp³-hybridized carbons (Fsp3) is 0.0893. The minimum Gasteiger partial charge on any atom is -0.344 e. The summed E-state index contributed by atoms with van der Waals surface area (Å²) in [5.74, 6) is 2.50. The highest BCUT2D eigenvalue weighted by atomic mass is 15.3. The van der Waals surface area contributed by atoms with Gasteiger partial charge in [0.25, 0.3) is 0 Å². The molecule has 4 aliphatic rings. The van der Waals surface area contributed by atoms with Crippen LogP contribution in [0.3, 0.4) is 0 Å². The van der Waals surface area contributed by atoms with Gasteiger partial charge in [0.05, 0.1) is 35.5 Å². The summed E-state index contributed by atoms with van der Waals surface area (Å²) >= 11 is 0. The van der Waals surface area contributed by atoms with Crippen LogP contribution in [-0.2, 0) is 6.42 Å². The summed E-state index contributed by atoms with van der Waals surface area (Å²) in [6, 6.07) is 32.0. The monoisotopic (exact) mass is 893 g/mol. The zero-order valence-corrected chi connectivity index (χ0v) is 37.1. The molecule has 13 nitrogen and oxygen atoms in total. The number of hydrogen-bond donors (Lipinski definition) is 1. The minimum atomic E-state index is 0.446. The third-order valence-electron chi connectivity index (χ3n) is 13.5. The summed E-state index contributed by atoms with van der Waals surface area (Å²) in [6.45, 7) is 2.05. The second-order valence-corrected chi connectivity index (χ2v) is 17.4. The molecule has 0 saturated carbocycles. The number of allylic oxidation sites excluding steroid dienone is 5. The summed E-state index contributed by atoms with van der Waals surface area (Å²) in [7, 11) is 0. The topological polar surface area (TPSA) is 142 Å². The average molecular weight is 894 g/mol. The Hall–Kier alpha value is -9.23. The third kappa shape index (κ3) is 6.35. The quantitative estimate of drug-likeness (QED) is 0.170. The lowest BCUT2D eigenvalue weighted by atomic mass is 9.83. The van der Waals surface area contributed by atoms with E-state index in [0.29, 0.717) is 47.1 Å². The van der Waals surface area contributed by atoms with Crippen molar-refractivity contribution in [2.24, 2.45) is 0 Å². The van der Waals surface area contributed by atoms with E-state index in [1.165, 1.54) is 5.56 Å². The number of anilines is 4. The van der Waals surface area contributed by atoms with Crippen molar-refractivity contribution in [3.63, 3.8) is 0 Å². The molecule has 10 heterocycles. The number of pyridine rings is 2. The lowest BCUT2D eigenvalue weighted by Gasteiger charge is -2.36. The van der Waals surface area contributed by atoms with Crippen molar-refractivity contribution in [1.29, 1.82) is 0 Å². The van der Waals surface area contributed by atoms with Crippen LogP contribution < -0.4 is 9.80 Å². The zero-order chi connectivity index (χ0) is 45.4. The number of imidazole rings is 1. The number of H-pyrrole nitrogens is 1. The Labute approximate surface area is 395 Å². The molecule has 69 heavy (non-hydrogen) atoms. The zero-order valence-electron chi connectivity index (χ0n) is 37.1. The Morgan fingerprint density at radius 1 is 0.594 bits per heavy atom. The molecule has 4 aliphatic heterocycles. The molecular formula is C56H39N13. The van der Waals surface area contributed by atoms with Gasteiger partial charge in [-0.15, -0.1) is 0 Å². The van der Waals surface area contributed by atoms with E-state index >= 15 is 0 Å². The Morgan fingerprint density at radius 2 is 1.45 bits per heavy atom. The molecule has 13 heteroatoms. The van der Waals surface area contributed by atoms with Gasteiger partial charge in [-0.1, -0.05) is 91.0 Å². The molecule has 4 aromatic carbocycles. The van der Waals surface area contributed by atoms with Gasteiger partial charge in [0.1, 0.15) is 22.7 Å². The van der Waals surface area contributed by atoms with Crippen LogP contribution in [0.2, 0.25) is 0 Å². The van der Waals surface area contributed by atoms with Crippen LogP contribution >= 0.6 is 0 Å². The maximum Gasteiger partial charge on any atom is 0.181 e. The number of aromatic amines is 1. The molecule has 0 radical (unpaired) electrons. The first-order valence-corrected chi connectivity index (χ1v) is 23.1. The van der Waals surface area contributed by atoms with Crippen LogP contribution in [-0.4, -0.2) is 74.4 Å². The van der Waals surface area contributed by atoms with Crippen LogP contribution in [0.25, 0.3) is 89.7 Å². The van der Waals surface area contributed by atoms with Gasteiger partial charge in [0, 0.05) is 93.7 Å². The number of rotatable bonds is 6. The molecule has 0 unspecified atom stereocenters. The van der Waals surface area contributed by atoms with E-state index in [1.807, 2.05) is 6.07 Å². The molecule has 6 aromatic heterocycles. The highest BCUT2D eigenvalue weighted by molar-refractivity contribution is 6.18. The van der Waals surface area contributed by atoms with Crippen LogP contribution in [0.5, 0.6) is 0 Å². The molecule has 0 amide bonds. The summed E-state index contributed by atoms with van der Waals surface area (Å²) in [4.78, 5) is 56.3. The summed E-state index contributed by atoms with van der Waals surface area (Å²) in [5, 5.41) is 2.88. The molecule has 0 saturated heterocycles. The first-order valence-electron chi connectivity index (χ1n) is 23.1. The second kappa shape index (κ2) is 15.7. The molecule has 0 fully saturated rings. The number of aromatic nitrogens is 10. The number of para-hydroxylation sites is 3. The lowest BCUT2D eigenvalue weighted by molar-refractivity contribution is 0.527. The molecule has 10 aromatic rings. The number of nitrogens with zero attached hydrogens (tertiary/aromatic N) is 12. The summed E-state index contributed by atoms with van der Waals surface area (Å²) in [5.41, 5.74) is 13.7. The molecule has 0 atom stereocenters. The molecule has 328 valence electrons. The van der Waals surface area contributed by atoms with Crippen molar-refractivity contribution in [3.8, 4) is 34.0 Å². The number of nitrogens with one attached hydrogen (secondary N) is 1. The van der Waals surface area contributed by atoms with Crippen molar-refractivity contribution in [1.82, 2.24) is 54.7 Å². The number of fused-ring (bicyclic) bond motifs is 7. The van der Waals surface area contributed by atoms with Gasteiger partial charge in [0.15, 0.2) is 22.9 Å². The predicted molar refractivity (Wildman–Crippen MR) is 273 cm³/mol. The van der Waals surface area contributed by atoms with Gasteiger partial charge in [-0.3, -0.25) is 0 Å². The Kier molecular flexibility index (Phi) is 8.87. The molecule has 0 aliphatic carbocycles. The Balaban J connectivity index is 1.24. The van der Waals surface area contributed by atoms with E-state index < -0.39 is 0 Å². The maximum absolute atomic E-state index is 5.99. The van der Waals surface area contributed by atoms with E-state index in [1.54, 1.807) is 31.1 Å². The number of hydrogen-bond acceptors (Lipinski definition) is 12. The van der Waals surface area contributed by atoms with Crippen molar-refractivity contribution in [2.75, 3.05) is 29.4 Å². The maximum atomic E-state index is 5.99. The van der Waals surface area contributed by atoms with Crippen LogP contribution in [0, 0.1) is 0 Å². The summed E-state index contributed by atoms with van der Waals surface area (Å²) in [6.07, 6.45) is 27.8. The van der Waals surface area contributed by atoms with Gasteiger partial charge < -0.3 is 19.7 Å². The van der Waals surface area contributed by atoms with E-state index in [2.05, 4.69) is 163 Å². The summed E-state index contributed by atoms with van der Waals surface area (Å²) < 4.78 is 0. The van der Waals surface area contributed by atoms with E-state index in [0.717, 1.165) is 109 Å². The fourth-order valence-corrected chi connectivity index (χ4v) is 10.4. The average Bonchev–Trinajstić information content (AvgIpc) is 3.90. The van der Waals surface area contributed by atoms with Crippen LogP contribution in [0.1, 0.15) is 23.1 Å². The van der Waals surface area contributed by atoms with E-state index in [9.17, 15) is 0 Å². The van der Waals surface area contributed by atoms with Gasteiger partial charge in [-0.25, -0.2) is 44.9 Å². The Bertz CT molecular complexity index is 3940. The standard InChI is InChI=1S/C56H39N13/c1-4-18-40-34(12-1)22-23-41(63-40)50-48-39(55(68-28-9-15-35-13-2-5-19-44(35)68)66-56(50)69-29-10-16-36-14-3-6-20-45(36)69)30-38(51-59-32-43-53(64-51)62-33-61-43)49(54-60-31-42-52(65-54)58-25-24-57-42)47(48)37-17-11-27-67-26-8-7-21-46(37)67/h1-8,10-14,16-26,30-33H,9,15,27-29H2,(H,59,61,62,64). The SMILES string of the molecule is C1=CC2=C(c3c(-c4ncc5nccnc5n4)c(-c4ncc5[nH]cnc5n4)cc4c(N5CCCc6ccccc65)nc(N5CC=Cc6ccccc65)c(-c5ccc6ccccc6n5)c34)C=CCN2C=C1. The largest absolute Gasteiger partial charge is 0.344 e. The fourth-order valence-electron chi connectivity index (χ4n) is 10.4. The number of aryl methyl sites for hydroxylation is 1. The van der Waals surface area contributed by atoms with E-state index in [4.69, 9.17) is 34.9 Å². The van der Waals surface area contributed by atoms with Crippen molar-refractivity contribution < 1.29 is 0 Å². The van der Waals surface area contributed by atoms with Crippen LogP contribution in [0.15, 0.2) is 170 Å². The van der Waals surface area contributed by atoms with Gasteiger partial charge in [-0.2, -0.15) is 0 Å². The minimum absolute atomic E-state index is 0.446. The molecule has 14 rings (SSSR count). The first-order chi connectivity index (χ1) is 34.2. The first kappa shape index (κ1) is 39.0.